The summed E-state index contributed by atoms with van der Waals surface area (Å²) in [6.45, 7) is 0. The van der Waals surface area contributed by atoms with Crippen molar-refractivity contribution in [3.8, 4) is 55.9 Å². The van der Waals surface area contributed by atoms with Gasteiger partial charge in [0.15, 0.2) is 0 Å². The van der Waals surface area contributed by atoms with E-state index in [1.807, 2.05) is 12.4 Å². The third kappa shape index (κ3) is 5.52. The van der Waals surface area contributed by atoms with E-state index in [-0.39, 0.29) is 0 Å². The van der Waals surface area contributed by atoms with E-state index in [0.29, 0.717) is 0 Å². The Morgan fingerprint density at radius 1 is 0.258 bits per heavy atom. The maximum atomic E-state index is 5.15. The molecule has 10 aromatic carbocycles. The first kappa shape index (κ1) is 36.6. The van der Waals surface area contributed by atoms with Crippen LogP contribution in [0.15, 0.2) is 231 Å². The van der Waals surface area contributed by atoms with Crippen molar-refractivity contribution in [1.29, 1.82) is 0 Å². The topological polar surface area (TPSA) is 35.6 Å². The fourth-order valence-electron chi connectivity index (χ4n) is 10.8. The Kier molecular flexibility index (Phi) is 7.95. The van der Waals surface area contributed by atoms with Gasteiger partial charge in [-0.15, -0.1) is 0 Å². The van der Waals surface area contributed by atoms with Crippen LogP contribution in [0.1, 0.15) is 0 Å². The van der Waals surface area contributed by atoms with Gasteiger partial charge in [-0.05, 0) is 150 Å². The predicted molar refractivity (Wildman–Crippen MR) is 276 cm³/mol. The number of pyridine rings is 2. The Labute approximate surface area is 380 Å². The second kappa shape index (κ2) is 14.3. The summed E-state index contributed by atoms with van der Waals surface area (Å²) in [6.07, 6.45) is 3.86. The number of hydrogen-bond donors (Lipinski definition) is 0. The molecular formula is C62H38N4. The summed E-state index contributed by atoms with van der Waals surface area (Å²) in [6, 6.07) is 79.4. The van der Waals surface area contributed by atoms with E-state index in [0.717, 1.165) is 55.2 Å². The molecule has 14 rings (SSSR count). The molecule has 0 saturated carbocycles. The Balaban J connectivity index is 1.04. The van der Waals surface area contributed by atoms with Gasteiger partial charge in [-0.3, -0.25) is 9.97 Å². The van der Waals surface area contributed by atoms with Crippen LogP contribution in [0.2, 0.25) is 0 Å². The molecule has 0 spiro atoms. The lowest BCUT2D eigenvalue weighted by Crippen LogP contribution is -1.97. The zero-order valence-corrected chi connectivity index (χ0v) is 35.7. The van der Waals surface area contributed by atoms with Crippen molar-refractivity contribution in [3.05, 3.63) is 231 Å². The van der Waals surface area contributed by atoms with Crippen LogP contribution >= 0.6 is 0 Å². The van der Waals surface area contributed by atoms with E-state index in [2.05, 4.69) is 228 Å². The van der Waals surface area contributed by atoms with Crippen LogP contribution in [0.4, 0.5) is 0 Å². The molecule has 4 heterocycles. The summed E-state index contributed by atoms with van der Waals surface area (Å²) < 4.78 is 4.85. The summed E-state index contributed by atoms with van der Waals surface area (Å²) in [5, 5.41) is 9.61. The Morgan fingerprint density at radius 3 is 0.955 bits per heavy atom. The Bertz CT molecular complexity index is 3800. The molecule has 0 bridgehead atoms. The number of hydrogen-bond acceptors (Lipinski definition) is 2. The van der Waals surface area contributed by atoms with Crippen molar-refractivity contribution >= 4 is 76.2 Å². The van der Waals surface area contributed by atoms with Gasteiger partial charge in [-0.1, -0.05) is 146 Å². The normalized spacial score (nSPS) is 11.9. The van der Waals surface area contributed by atoms with Crippen molar-refractivity contribution in [2.75, 3.05) is 0 Å². The molecule has 0 unspecified atom stereocenters. The van der Waals surface area contributed by atoms with Crippen LogP contribution in [-0.4, -0.2) is 19.1 Å². The molecule has 0 aliphatic rings. The van der Waals surface area contributed by atoms with Crippen molar-refractivity contribution in [3.63, 3.8) is 0 Å². The van der Waals surface area contributed by atoms with Crippen LogP contribution in [0.5, 0.6) is 0 Å². The number of benzene rings is 10. The zero-order valence-electron chi connectivity index (χ0n) is 35.7. The van der Waals surface area contributed by atoms with Crippen LogP contribution in [-0.2, 0) is 0 Å². The standard InChI is InChI=1S/C62H38N4/c1-5-15-39(16-6-1)45-31-46(40-17-7-2-8-18-40)34-49(33-45)65-53-23-13-29-63-61(53)59-51-27-26-44-38-56-60(52-28-25-43(37-55(59)65)57(51)58(44)52)62-54(24-14-30-64-62)66(56)50-35-47(41-19-9-3-10-20-41)32-48(36-50)42-21-11-4-12-22-42/h1-38H. The lowest BCUT2D eigenvalue weighted by molar-refractivity contribution is 1.18. The van der Waals surface area contributed by atoms with Crippen molar-refractivity contribution in [2.45, 2.75) is 0 Å². The molecule has 0 saturated heterocycles. The zero-order chi connectivity index (χ0) is 43.3. The SMILES string of the molecule is c1ccc(-c2cc(-c3ccccc3)cc(-n3c4cccnc4c4c5ccc6cc7c(c8ccc(cc43)c5c68)c3ncccc3n7-c3cc(-c4ccccc4)cc(-c4ccccc4)c3)c2)cc1. The van der Waals surface area contributed by atoms with Gasteiger partial charge in [0, 0.05) is 34.5 Å². The molecule has 0 aliphatic heterocycles. The first-order valence-electron chi connectivity index (χ1n) is 22.5. The van der Waals surface area contributed by atoms with Gasteiger partial charge in [0.25, 0.3) is 0 Å². The van der Waals surface area contributed by atoms with Gasteiger partial charge in [0.1, 0.15) is 0 Å². The number of aromatic nitrogens is 4. The third-order valence-electron chi connectivity index (χ3n) is 13.7. The fourth-order valence-corrected chi connectivity index (χ4v) is 10.8. The van der Waals surface area contributed by atoms with Crippen LogP contribution in [0, 0.1) is 0 Å². The van der Waals surface area contributed by atoms with Gasteiger partial charge in [0.2, 0.25) is 0 Å². The molecule has 4 aromatic heterocycles. The monoisotopic (exact) mass is 838 g/mol. The van der Waals surface area contributed by atoms with Gasteiger partial charge in [-0.25, -0.2) is 0 Å². The average molecular weight is 839 g/mol. The number of fused-ring (bicyclic) bond motifs is 8. The smallest absolute Gasteiger partial charge is 0.0969 e. The lowest BCUT2D eigenvalue weighted by Gasteiger charge is -2.16. The summed E-state index contributed by atoms with van der Waals surface area (Å²) in [4.78, 5) is 10.3. The highest BCUT2D eigenvalue weighted by molar-refractivity contribution is 6.37. The molecule has 0 amide bonds. The molecule has 14 aromatic rings. The highest BCUT2D eigenvalue weighted by Crippen LogP contribution is 2.47. The van der Waals surface area contributed by atoms with E-state index < -0.39 is 0 Å². The first-order chi connectivity index (χ1) is 32.7. The molecular weight excluding hydrogens is 801 g/mol. The second-order valence-electron chi connectivity index (χ2n) is 17.4. The molecule has 0 aliphatic carbocycles. The first-order valence-corrected chi connectivity index (χ1v) is 22.5. The van der Waals surface area contributed by atoms with E-state index >= 15 is 0 Å². The minimum absolute atomic E-state index is 0.993. The predicted octanol–water partition coefficient (Wildman–Crippen LogP) is 16.2. The number of rotatable bonds is 6. The minimum Gasteiger partial charge on any atom is -0.308 e. The Morgan fingerprint density at radius 2 is 0.606 bits per heavy atom. The molecule has 66 heavy (non-hydrogen) atoms. The summed E-state index contributed by atoms with van der Waals surface area (Å²) in [5.41, 5.74) is 18.0. The molecule has 306 valence electrons. The highest BCUT2D eigenvalue weighted by Gasteiger charge is 2.24. The van der Waals surface area contributed by atoms with Gasteiger partial charge in [0.05, 0.1) is 33.1 Å². The molecule has 0 atom stereocenters. The highest BCUT2D eigenvalue weighted by atomic mass is 15.0. The molecule has 0 radical (unpaired) electrons. The van der Waals surface area contributed by atoms with E-state index in [1.165, 1.54) is 76.8 Å². The summed E-state index contributed by atoms with van der Waals surface area (Å²) in [5.74, 6) is 0. The van der Waals surface area contributed by atoms with E-state index in [1.54, 1.807) is 0 Å². The molecule has 4 heteroatoms. The molecule has 0 N–H and O–H groups in total. The van der Waals surface area contributed by atoms with Crippen molar-refractivity contribution in [2.24, 2.45) is 0 Å². The van der Waals surface area contributed by atoms with Crippen LogP contribution in [0.3, 0.4) is 0 Å². The van der Waals surface area contributed by atoms with Crippen molar-refractivity contribution in [1.82, 2.24) is 19.1 Å². The minimum atomic E-state index is 0.993. The average Bonchev–Trinajstić information content (AvgIpc) is 3.91. The maximum Gasteiger partial charge on any atom is 0.0969 e. The van der Waals surface area contributed by atoms with Crippen molar-refractivity contribution < 1.29 is 0 Å². The summed E-state index contributed by atoms with van der Waals surface area (Å²) >= 11 is 0. The van der Waals surface area contributed by atoms with Crippen LogP contribution < -0.4 is 0 Å². The van der Waals surface area contributed by atoms with E-state index in [4.69, 9.17) is 9.97 Å². The second-order valence-corrected chi connectivity index (χ2v) is 17.4. The molecule has 0 fully saturated rings. The number of nitrogens with zero attached hydrogens (tertiary/aromatic N) is 4. The van der Waals surface area contributed by atoms with E-state index in [9.17, 15) is 0 Å². The van der Waals surface area contributed by atoms with Gasteiger partial charge in [-0.2, -0.15) is 0 Å². The van der Waals surface area contributed by atoms with Crippen LogP contribution in [0.25, 0.3) is 132 Å². The van der Waals surface area contributed by atoms with Gasteiger partial charge < -0.3 is 9.13 Å². The fraction of sp³-hybridized carbons (Fsp3) is 0. The summed E-state index contributed by atoms with van der Waals surface area (Å²) in [7, 11) is 0. The Hall–Kier alpha value is -8.86. The van der Waals surface area contributed by atoms with Gasteiger partial charge >= 0.3 is 0 Å². The largest absolute Gasteiger partial charge is 0.308 e. The quantitative estimate of drug-likeness (QED) is 0.156. The third-order valence-corrected chi connectivity index (χ3v) is 13.7. The lowest BCUT2D eigenvalue weighted by atomic mass is 9.90. The molecule has 4 nitrogen and oxygen atoms in total. The maximum absolute atomic E-state index is 5.15.